The van der Waals surface area contributed by atoms with Gasteiger partial charge < -0.3 is 0 Å². The fourth-order valence-corrected chi connectivity index (χ4v) is 3.00. The van der Waals surface area contributed by atoms with Gasteiger partial charge in [0.1, 0.15) is 11.6 Å². The van der Waals surface area contributed by atoms with Gasteiger partial charge in [0.15, 0.2) is 0 Å². The largest absolute Gasteiger partial charge is 0.299 e. The van der Waals surface area contributed by atoms with Crippen LogP contribution in [0.5, 0.6) is 0 Å². The highest BCUT2D eigenvalue weighted by atomic mass is 35.5. The summed E-state index contributed by atoms with van der Waals surface area (Å²) in [6, 6.07) is 4.56. The molecule has 5 heteroatoms. The number of aryl methyl sites for hydroxylation is 2. The molecule has 1 heterocycles. The second-order valence-corrected chi connectivity index (χ2v) is 6.55. The molecule has 0 atom stereocenters. The second kappa shape index (κ2) is 7.26. The SMILES string of the molecule is Cc1nn(C(C)C)c(C)c1CC(=O)CCc1ccc(F)cc1Cl. The lowest BCUT2D eigenvalue weighted by Gasteiger charge is -2.08. The van der Waals surface area contributed by atoms with E-state index >= 15 is 0 Å². The summed E-state index contributed by atoms with van der Waals surface area (Å²) in [7, 11) is 0. The van der Waals surface area contributed by atoms with Crippen molar-refractivity contribution >= 4 is 17.4 Å². The quantitative estimate of drug-likeness (QED) is 0.771. The average molecular weight is 337 g/mol. The zero-order chi connectivity index (χ0) is 17.1. The number of aromatic nitrogens is 2. The smallest absolute Gasteiger partial charge is 0.137 e. The Bertz CT molecular complexity index is 722. The molecule has 0 unspecified atom stereocenters. The van der Waals surface area contributed by atoms with E-state index in [2.05, 4.69) is 18.9 Å². The van der Waals surface area contributed by atoms with Gasteiger partial charge in [-0.1, -0.05) is 17.7 Å². The molecule has 1 aromatic heterocycles. The Morgan fingerprint density at radius 3 is 2.61 bits per heavy atom. The summed E-state index contributed by atoms with van der Waals surface area (Å²) in [5.74, 6) is -0.225. The van der Waals surface area contributed by atoms with Gasteiger partial charge in [0.25, 0.3) is 0 Å². The lowest BCUT2D eigenvalue weighted by Crippen LogP contribution is -2.08. The highest BCUT2D eigenvalue weighted by Crippen LogP contribution is 2.21. The third kappa shape index (κ3) is 4.20. The van der Waals surface area contributed by atoms with E-state index < -0.39 is 0 Å². The van der Waals surface area contributed by atoms with Crippen LogP contribution < -0.4 is 0 Å². The molecule has 2 aromatic rings. The number of halogens is 2. The maximum atomic E-state index is 13.0. The number of Topliss-reactive ketones (excluding diaryl/α,β-unsaturated/α-hetero) is 1. The van der Waals surface area contributed by atoms with E-state index in [1.165, 1.54) is 12.1 Å². The molecular weight excluding hydrogens is 315 g/mol. The van der Waals surface area contributed by atoms with Crippen molar-refractivity contribution < 1.29 is 9.18 Å². The molecule has 0 aliphatic carbocycles. The molecule has 0 N–H and O–H groups in total. The van der Waals surface area contributed by atoms with Crippen LogP contribution >= 0.6 is 11.6 Å². The van der Waals surface area contributed by atoms with Crippen molar-refractivity contribution in [3.05, 3.63) is 51.6 Å². The molecule has 0 amide bonds. The highest BCUT2D eigenvalue weighted by molar-refractivity contribution is 6.31. The first kappa shape index (κ1) is 17.7. The maximum Gasteiger partial charge on any atom is 0.137 e. The van der Waals surface area contributed by atoms with Crippen LogP contribution in [0.4, 0.5) is 4.39 Å². The Morgan fingerprint density at radius 1 is 1.35 bits per heavy atom. The van der Waals surface area contributed by atoms with Gasteiger partial charge in [-0.05, 0) is 51.8 Å². The van der Waals surface area contributed by atoms with Gasteiger partial charge in [0.05, 0.1) is 5.69 Å². The lowest BCUT2D eigenvalue weighted by atomic mass is 10.0. The van der Waals surface area contributed by atoms with Crippen LogP contribution in [0.25, 0.3) is 0 Å². The van der Waals surface area contributed by atoms with Gasteiger partial charge in [-0.25, -0.2) is 4.39 Å². The number of hydrogen-bond donors (Lipinski definition) is 0. The first-order valence-corrected chi connectivity index (χ1v) is 8.17. The number of hydrogen-bond acceptors (Lipinski definition) is 2. The Morgan fingerprint density at radius 2 is 2.04 bits per heavy atom. The summed E-state index contributed by atoms with van der Waals surface area (Å²) >= 11 is 6.00. The summed E-state index contributed by atoms with van der Waals surface area (Å²) in [4.78, 5) is 12.3. The number of rotatable bonds is 6. The first-order valence-electron chi connectivity index (χ1n) is 7.79. The van der Waals surface area contributed by atoms with E-state index in [1.807, 2.05) is 18.5 Å². The molecule has 0 aliphatic heterocycles. The van der Waals surface area contributed by atoms with Crippen molar-refractivity contribution in [3.8, 4) is 0 Å². The topological polar surface area (TPSA) is 34.9 Å². The minimum Gasteiger partial charge on any atom is -0.299 e. The monoisotopic (exact) mass is 336 g/mol. The second-order valence-electron chi connectivity index (χ2n) is 6.14. The Kier molecular flexibility index (Phi) is 5.58. The van der Waals surface area contributed by atoms with Gasteiger partial charge in [0, 0.05) is 35.2 Å². The van der Waals surface area contributed by atoms with E-state index in [4.69, 9.17) is 11.6 Å². The fraction of sp³-hybridized carbons (Fsp3) is 0.444. The Balaban J connectivity index is 2.03. The first-order chi connectivity index (χ1) is 10.8. The van der Waals surface area contributed by atoms with Gasteiger partial charge >= 0.3 is 0 Å². The van der Waals surface area contributed by atoms with Gasteiger partial charge in [0.2, 0.25) is 0 Å². The summed E-state index contributed by atoms with van der Waals surface area (Å²) in [5, 5.41) is 4.88. The number of nitrogens with zero attached hydrogens (tertiary/aromatic N) is 2. The third-order valence-electron chi connectivity index (χ3n) is 4.03. The number of carbonyl (C=O) groups excluding carboxylic acids is 1. The number of carbonyl (C=O) groups is 1. The zero-order valence-electron chi connectivity index (χ0n) is 14.0. The molecule has 2 rings (SSSR count). The van der Waals surface area contributed by atoms with Crippen LogP contribution in [-0.4, -0.2) is 15.6 Å². The molecule has 23 heavy (non-hydrogen) atoms. The molecule has 124 valence electrons. The number of benzene rings is 1. The van der Waals surface area contributed by atoms with E-state index in [9.17, 15) is 9.18 Å². The minimum atomic E-state index is -0.363. The van der Waals surface area contributed by atoms with Crippen LogP contribution in [0.15, 0.2) is 18.2 Å². The van der Waals surface area contributed by atoms with Crippen LogP contribution in [-0.2, 0) is 17.6 Å². The average Bonchev–Trinajstić information content (AvgIpc) is 2.74. The van der Waals surface area contributed by atoms with Crippen molar-refractivity contribution in [2.75, 3.05) is 0 Å². The molecule has 0 aliphatic rings. The molecule has 0 fully saturated rings. The Hall–Kier alpha value is -1.68. The normalized spacial score (nSPS) is 11.3. The van der Waals surface area contributed by atoms with Crippen molar-refractivity contribution in [1.29, 1.82) is 0 Å². The Labute approximate surface area is 141 Å². The van der Waals surface area contributed by atoms with Crippen LogP contribution in [0.2, 0.25) is 5.02 Å². The molecule has 3 nitrogen and oxygen atoms in total. The standard InChI is InChI=1S/C18H22ClFN2O/c1-11(2)22-13(4)17(12(3)21-22)10-16(23)8-6-14-5-7-15(20)9-18(14)19/h5,7,9,11H,6,8,10H2,1-4H3. The molecule has 0 saturated carbocycles. The lowest BCUT2D eigenvalue weighted by molar-refractivity contribution is -0.118. The van der Waals surface area contributed by atoms with E-state index in [1.54, 1.807) is 6.07 Å². The molecule has 0 spiro atoms. The van der Waals surface area contributed by atoms with Crippen LogP contribution in [0.1, 0.15) is 48.8 Å². The fourth-order valence-electron chi connectivity index (χ4n) is 2.74. The van der Waals surface area contributed by atoms with Gasteiger partial charge in [-0.15, -0.1) is 0 Å². The molecule has 0 radical (unpaired) electrons. The van der Waals surface area contributed by atoms with Crippen LogP contribution in [0, 0.1) is 19.7 Å². The predicted molar refractivity (Wildman–Crippen MR) is 90.5 cm³/mol. The predicted octanol–water partition coefficient (Wildman–Crippen LogP) is 4.62. The van der Waals surface area contributed by atoms with E-state index in [0.717, 1.165) is 22.5 Å². The molecular formula is C18H22ClFN2O. The maximum absolute atomic E-state index is 13.0. The summed E-state index contributed by atoms with van der Waals surface area (Å²) < 4.78 is 15.0. The summed E-state index contributed by atoms with van der Waals surface area (Å²) in [6.07, 6.45) is 1.29. The molecule has 0 saturated heterocycles. The zero-order valence-corrected chi connectivity index (χ0v) is 14.7. The van der Waals surface area contributed by atoms with Crippen molar-refractivity contribution in [2.45, 2.75) is 53.0 Å². The van der Waals surface area contributed by atoms with E-state index in [-0.39, 0.29) is 17.6 Å². The highest BCUT2D eigenvalue weighted by Gasteiger charge is 2.16. The molecule has 1 aromatic carbocycles. The van der Waals surface area contributed by atoms with Crippen LogP contribution in [0.3, 0.4) is 0 Å². The molecule has 0 bridgehead atoms. The minimum absolute atomic E-state index is 0.139. The van der Waals surface area contributed by atoms with Crippen molar-refractivity contribution in [2.24, 2.45) is 0 Å². The van der Waals surface area contributed by atoms with E-state index in [0.29, 0.717) is 24.3 Å². The van der Waals surface area contributed by atoms with Gasteiger partial charge in [-0.2, -0.15) is 5.10 Å². The van der Waals surface area contributed by atoms with Crippen molar-refractivity contribution in [1.82, 2.24) is 9.78 Å². The number of ketones is 1. The summed E-state index contributed by atoms with van der Waals surface area (Å²) in [6.45, 7) is 8.08. The summed E-state index contributed by atoms with van der Waals surface area (Å²) in [5.41, 5.74) is 3.76. The third-order valence-corrected chi connectivity index (χ3v) is 4.38. The van der Waals surface area contributed by atoms with Gasteiger partial charge in [-0.3, -0.25) is 9.48 Å². The van der Waals surface area contributed by atoms with Crippen molar-refractivity contribution in [3.63, 3.8) is 0 Å².